The zero-order valence-corrected chi connectivity index (χ0v) is 7.12. The number of hydrogen-bond donors (Lipinski definition) is 1. The zero-order valence-electron chi connectivity index (χ0n) is 5.96. The molecule has 0 radical (unpaired) electrons. The Morgan fingerprint density at radius 2 is 2.50 bits per heavy atom. The zero-order chi connectivity index (χ0) is 7.56. The lowest BCUT2D eigenvalue weighted by Crippen LogP contribution is -2.42. The fourth-order valence-corrected chi connectivity index (χ4v) is 1.39. The minimum absolute atomic E-state index is 0.148. The number of Topliss-reactive ketones (excluding diaryl/α,β-unsaturated/α-hetero) is 1. The Hall–Kier alpha value is 0.0200. The summed E-state index contributed by atoms with van der Waals surface area (Å²) in [6.07, 6.45) is 0.736. The number of hydrogen-bond acceptors (Lipinski definition) is 3. The van der Waals surface area contributed by atoms with E-state index >= 15 is 0 Å². The molecule has 58 valence electrons. The molecule has 1 N–H and O–H groups in total. The summed E-state index contributed by atoms with van der Waals surface area (Å²) in [6, 6.07) is 0.172. The number of ketones is 1. The first-order valence-electron chi connectivity index (χ1n) is 3.33. The van der Waals surface area contributed by atoms with Gasteiger partial charge in [0.05, 0.1) is 6.10 Å². The minimum atomic E-state index is 0.148. The summed E-state index contributed by atoms with van der Waals surface area (Å²) >= 11 is 0. The summed E-state index contributed by atoms with van der Waals surface area (Å²) in [4.78, 5) is 10.8. The van der Waals surface area contributed by atoms with Crippen LogP contribution in [0.1, 0.15) is 13.3 Å². The third-order valence-corrected chi connectivity index (χ3v) is 2.16. The quantitative estimate of drug-likeness (QED) is 0.555. The highest BCUT2D eigenvalue weighted by molar-refractivity contribution is 7.13. The monoisotopic (exact) mass is 161 g/mol. The molecule has 0 amide bonds. The molecule has 10 heavy (non-hydrogen) atoms. The Bertz CT molecular complexity index is 140. The van der Waals surface area contributed by atoms with Gasteiger partial charge in [0.2, 0.25) is 0 Å². The van der Waals surface area contributed by atoms with Gasteiger partial charge in [-0.2, -0.15) is 0 Å². The lowest BCUT2D eigenvalue weighted by atomic mass is 10.0. The van der Waals surface area contributed by atoms with E-state index in [1.54, 1.807) is 0 Å². The molecular formula is C6H12NO2P. The average Bonchev–Trinajstić information content (AvgIpc) is 1.94. The van der Waals surface area contributed by atoms with E-state index in [0.717, 1.165) is 0 Å². The second kappa shape index (κ2) is 3.42. The van der Waals surface area contributed by atoms with Gasteiger partial charge < -0.3 is 4.74 Å². The van der Waals surface area contributed by atoms with Gasteiger partial charge in [0.15, 0.2) is 5.78 Å². The molecule has 3 nitrogen and oxygen atoms in total. The summed E-state index contributed by atoms with van der Waals surface area (Å²) in [5.41, 5.74) is 0. The van der Waals surface area contributed by atoms with Crippen LogP contribution < -0.4 is 5.09 Å². The van der Waals surface area contributed by atoms with Crippen LogP contribution in [0.3, 0.4) is 0 Å². The number of rotatable bonds is 1. The molecule has 0 spiro atoms. The van der Waals surface area contributed by atoms with E-state index in [0.29, 0.717) is 6.42 Å². The van der Waals surface area contributed by atoms with Crippen molar-refractivity contribution in [2.75, 3.05) is 6.61 Å². The summed E-state index contributed by atoms with van der Waals surface area (Å²) in [6.45, 7) is 2.25. The molecular weight excluding hydrogens is 149 g/mol. The van der Waals surface area contributed by atoms with Gasteiger partial charge in [0.1, 0.15) is 6.61 Å². The molecule has 1 heterocycles. The van der Waals surface area contributed by atoms with E-state index in [-0.39, 0.29) is 24.5 Å². The number of carbonyl (C=O) groups excluding carboxylic acids is 1. The highest BCUT2D eigenvalue weighted by Crippen LogP contribution is 2.11. The highest BCUT2D eigenvalue weighted by atomic mass is 31.0. The maximum Gasteiger partial charge on any atom is 0.160 e. The van der Waals surface area contributed by atoms with E-state index in [1.165, 1.54) is 0 Å². The SMILES string of the molecule is C[C@H]1OCC(=O)CC1NP. The van der Waals surface area contributed by atoms with E-state index in [1.807, 2.05) is 6.92 Å². The van der Waals surface area contributed by atoms with Crippen molar-refractivity contribution in [3.8, 4) is 0 Å². The van der Waals surface area contributed by atoms with E-state index in [4.69, 9.17) is 4.74 Å². The predicted molar refractivity (Wildman–Crippen MR) is 41.7 cm³/mol. The van der Waals surface area contributed by atoms with Crippen molar-refractivity contribution in [3.05, 3.63) is 0 Å². The molecule has 4 heteroatoms. The summed E-state index contributed by atoms with van der Waals surface area (Å²) in [7, 11) is 2.40. The van der Waals surface area contributed by atoms with Gasteiger partial charge >= 0.3 is 0 Å². The Kier molecular flexibility index (Phi) is 2.78. The molecule has 1 fully saturated rings. The first kappa shape index (κ1) is 8.12. The smallest absolute Gasteiger partial charge is 0.160 e. The van der Waals surface area contributed by atoms with Crippen LogP contribution in [0, 0.1) is 0 Å². The average molecular weight is 161 g/mol. The Labute approximate surface area is 62.8 Å². The van der Waals surface area contributed by atoms with Crippen molar-refractivity contribution in [3.63, 3.8) is 0 Å². The molecule has 0 aromatic rings. The van der Waals surface area contributed by atoms with Crippen molar-refractivity contribution < 1.29 is 9.53 Å². The number of ether oxygens (including phenoxy) is 1. The van der Waals surface area contributed by atoms with Crippen LogP contribution in [0.2, 0.25) is 0 Å². The van der Waals surface area contributed by atoms with Crippen LogP contribution >= 0.6 is 9.39 Å². The topological polar surface area (TPSA) is 38.3 Å². The highest BCUT2D eigenvalue weighted by Gasteiger charge is 2.24. The molecule has 0 saturated carbocycles. The fourth-order valence-electron chi connectivity index (χ4n) is 1.01. The van der Waals surface area contributed by atoms with Crippen LogP contribution in [0.4, 0.5) is 0 Å². The lowest BCUT2D eigenvalue weighted by Gasteiger charge is -2.27. The van der Waals surface area contributed by atoms with Crippen LogP contribution in [0.15, 0.2) is 0 Å². The minimum Gasteiger partial charge on any atom is -0.369 e. The number of nitrogens with one attached hydrogen (secondary N) is 1. The molecule has 1 aliphatic rings. The Balaban J connectivity index is 2.45. The van der Waals surface area contributed by atoms with Crippen LogP contribution in [0.5, 0.6) is 0 Å². The van der Waals surface area contributed by atoms with Crippen molar-refractivity contribution in [2.45, 2.75) is 25.5 Å². The van der Waals surface area contributed by atoms with Crippen LogP contribution in [-0.4, -0.2) is 24.5 Å². The van der Waals surface area contributed by atoms with E-state index < -0.39 is 0 Å². The molecule has 3 atom stereocenters. The van der Waals surface area contributed by atoms with Gasteiger partial charge in [-0.3, -0.25) is 9.88 Å². The van der Waals surface area contributed by atoms with Crippen molar-refractivity contribution in [2.24, 2.45) is 0 Å². The lowest BCUT2D eigenvalue weighted by molar-refractivity contribution is -0.132. The summed E-state index contributed by atoms with van der Waals surface area (Å²) in [5, 5.41) is 2.95. The molecule has 0 aliphatic carbocycles. The van der Waals surface area contributed by atoms with Gasteiger partial charge in [-0.15, -0.1) is 0 Å². The van der Waals surface area contributed by atoms with E-state index in [9.17, 15) is 4.79 Å². The van der Waals surface area contributed by atoms with Crippen LogP contribution in [0.25, 0.3) is 0 Å². The van der Waals surface area contributed by atoms with Gasteiger partial charge in [-0.1, -0.05) is 9.39 Å². The maximum atomic E-state index is 10.8. The number of carbonyl (C=O) groups is 1. The third kappa shape index (κ3) is 1.75. The molecule has 0 bridgehead atoms. The Morgan fingerprint density at radius 3 is 3.00 bits per heavy atom. The first-order valence-corrected chi connectivity index (χ1v) is 3.91. The van der Waals surface area contributed by atoms with Gasteiger partial charge in [-0.25, -0.2) is 0 Å². The molecule has 0 aromatic carbocycles. The summed E-state index contributed by atoms with van der Waals surface area (Å²) < 4.78 is 5.17. The molecule has 1 saturated heterocycles. The first-order chi connectivity index (χ1) is 4.74. The molecule has 1 rings (SSSR count). The maximum absolute atomic E-state index is 10.8. The van der Waals surface area contributed by atoms with E-state index in [2.05, 4.69) is 14.5 Å². The van der Waals surface area contributed by atoms with Gasteiger partial charge in [0, 0.05) is 12.5 Å². The fraction of sp³-hybridized carbons (Fsp3) is 0.833. The van der Waals surface area contributed by atoms with Crippen molar-refractivity contribution in [1.29, 1.82) is 0 Å². The summed E-state index contributed by atoms with van der Waals surface area (Å²) in [5.74, 6) is 0.179. The predicted octanol–water partition coefficient (Wildman–Crippen LogP) is 0.113. The van der Waals surface area contributed by atoms with Crippen LogP contribution in [-0.2, 0) is 9.53 Å². The standard InChI is InChI=1S/C6H12NO2P/c1-4-6(7-10)2-5(8)3-9-4/h4,6-7H,2-3,10H2,1H3/t4-,6?/m1/s1. The van der Waals surface area contributed by atoms with Crippen molar-refractivity contribution in [1.82, 2.24) is 5.09 Å². The molecule has 2 unspecified atom stereocenters. The second-order valence-corrected chi connectivity index (χ2v) is 2.87. The van der Waals surface area contributed by atoms with Crippen molar-refractivity contribution >= 4 is 15.2 Å². The van der Waals surface area contributed by atoms with Gasteiger partial charge in [-0.05, 0) is 6.92 Å². The largest absolute Gasteiger partial charge is 0.369 e. The Morgan fingerprint density at radius 1 is 1.80 bits per heavy atom. The van der Waals surface area contributed by atoms with Gasteiger partial charge in [0.25, 0.3) is 0 Å². The normalized spacial score (nSPS) is 34.4. The third-order valence-electron chi connectivity index (χ3n) is 1.74. The molecule has 1 aliphatic heterocycles. The molecule has 0 aromatic heterocycles. The second-order valence-electron chi connectivity index (χ2n) is 2.53.